The van der Waals surface area contributed by atoms with E-state index in [4.69, 9.17) is 14.2 Å². The Balaban J connectivity index is 1.50. The van der Waals surface area contributed by atoms with Crippen LogP contribution < -0.4 is 0 Å². The molecule has 4 rings (SSSR count). The van der Waals surface area contributed by atoms with Crippen molar-refractivity contribution in [3.63, 3.8) is 0 Å². The van der Waals surface area contributed by atoms with E-state index in [2.05, 4.69) is 10.1 Å². The van der Waals surface area contributed by atoms with Crippen molar-refractivity contribution in [3.8, 4) is 11.3 Å². The number of amides is 1. The molecule has 0 aliphatic carbocycles. The molecule has 7 nitrogen and oxygen atoms in total. The van der Waals surface area contributed by atoms with Gasteiger partial charge in [-0.2, -0.15) is 0 Å². The van der Waals surface area contributed by atoms with Crippen molar-refractivity contribution in [3.05, 3.63) is 65.4 Å². The van der Waals surface area contributed by atoms with E-state index in [0.29, 0.717) is 26.1 Å². The zero-order valence-corrected chi connectivity index (χ0v) is 16.0. The lowest BCUT2D eigenvalue weighted by Crippen LogP contribution is -2.43. The van der Waals surface area contributed by atoms with Gasteiger partial charge < -0.3 is 14.2 Å². The molecule has 1 saturated heterocycles. The van der Waals surface area contributed by atoms with Gasteiger partial charge in [-0.15, -0.1) is 0 Å². The van der Waals surface area contributed by atoms with Gasteiger partial charge in [0.2, 0.25) is 5.91 Å². The van der Waals surface area contributed by atoms with Crippen LogP contribution in [0, 0.1) is 13.8 Å². The first-order chi connectivity index (χ1) is 13.6. The number of pyridine rings is 2. The first-order valence-electron chi connectivity index (χ1n) is 9.30. The molecule has 0 N–H and O–H groups in total. The molecule has 28 heavy (non-hydrogen) atoms. The zero-order chi connectivity index (χ0) is 19.5. The zero-order valence-electron chi connectivity index (χ0n) is 16.0. The van der Waals surface area contributed by atoms with E-state index in [9.17, 15) is 4.79 Å². The molecule has 4 heterocycles. The van der Waals surface area contributed by atoms with Crippen LogP contribution in [0.1, 0.15) is 28.8 Å². The maximum absolute atomic E-state index is 12.7. The van der Waals surface area contributed by atoms with Gasteiger partial charge in [0, 0.05) is 18.9 Å². The number of hydrogen-bond acceptors (Lipinski definition) is 6. The average molecular weight is 378 g/mol. The van der Waals surface area contributed by atoms with Crippen LogP contribution in [0.25, 0.3) is 11.3 Å². The minimum absolute atomic E-state index is 0.0724. The molecular weight excluding hydrogens is 356 g/mol. The van der Waals surface area contributed by atoms with E-state index in [1.54, 1.807) is 12.4 Å². The molecular formula is C21H22N4O3. The summed E-state index contributed by atoms with van der Waals surface area (Å²) in [7, 11) is 0. The van der Waals surface area contributed by atoms with Gasteiger partial charge in [0.1, 0.15) is 11.9 Å². The second kappa shape index (κ2) is 7.90. The summed E-state index contributed by atoms with van der Waals surface area (Å²) >= 11 is 0. The number of ether oxygens (including phenoxy) is 1. The highest BCUT2D eigenvalue weighted by Crippen LogP contribution is 2.28. The minimum atomic E-state index is -0.257. The van der Waals surface area contributed by atoms with Crippen LogP contribution >= 0.6 is 0 Å². The van der Waals surface area contributed by atoms with Crippen molar-refractivity contribution in [2.24, 2.45) is 0 Å². The summed E-state index contributed by atoms with van der Waals surface area (Å²) in [6.07, 6.45) is 3.51. The van der Waals surface area contributed by atoms with E-state index in [-0.39, 0.29) is 12.0 Å². The predicted molar refractivity (Wildman–Crippen MR) is 102 cm³/mol. The molecule has 1 fully saturated rings. The number of aromatic nitrogens is 3. The summed E-state index contributed by atoms with van der Waals surface area (Å²) in [5.41, 5.74) is 4.23. The minimum Gasteiger partial charge on any atom is -0.368 e. The number of aryl methyl sites for hydroxylation is 2. The Morgan fingerprint density at radius 1 is 1.25 bits per heavy atom. The molecule has 1 aliphatic heterocycles. The lowest BCUT2D eigenvalue weighted by Gasteiger charge is -2.33. The number of morpholine rings is 1. The predicted octanol–water partition coefficient (Wildman–Crippen LogP) is 2.89. The molecule has 3 aromatic rings. The van der Waals surface area contributed by atoms with E-state index in [1.807, 2.05) is 49.1 Å². The van der Waals surface area contributed by atoms with Gasteiger partial charge in [-0.25, -0.2) is 4.98 Å². The van der Waals surface area contributed by atoms with Gasteiger partial charge in [0.15, 0.2) is 0 Å². The van der Waals surface area contributed by atoms with E-state index < -0.39 is 0 Å². The van der Waals surface area contributed by atoms with Crippen molar-refractivity contribution in [1.29, 1.82) is 0 Å². The maximum atomic E-state index is 12.7. The Morgan fingerprint density at radius 3 is 2.89 bits per heavy atom. The number of nitrogens with zero attached hydrogens (tertiary/aromatic N) is 4. The van der Waals surface area contributed by atoms with Gasteiger partial charge in [0.05, 0.1) is 42.2 Å². The number of carbonyl (C=O) groups is 1. The second-order valence-electron chi connectivity index (χ2n) is 6.88. The third kappa shape index (κ3) is 3.80. The van der Waals surface area contributed by atoms with Crippen LogP contribution in [0.2, 0.25) is 0 Å². The van der Waals surface area contributed by atoms with E-state index in [1.165, 1.54) is 0 Å². The lowest BCUT2D eigenvalue weighted by atomic mass is 10.1. The molecule has 1 atom stereocenters. The van der Waals surface area contributed by atoms with Gasteiger partial charge in [0.25, 0.3) is 0 Å². The van der Waals surface area contributed by atoms with Crippen molar-refractivity contribution in [2.75, 3.05) is 19.7 Å². The molecule has 0 bridgehead atoms. The third-order valence-corrected chi connectivity index (χ3v) is 4.89. The Bertz CT molecular complexity index is 951. The van der Waals surface area contributed by atoms with Crippen molar-refractivity contribution in [2.45, 2.75) is 26.4 Å². The molecule has 0 spiro atoms. The highest BCUT2D eigenvalue weighted by atomic mass is 16.5. The summed E-state index contributed by atoms with van der Waals surface area (Å²) in [4.78, 5) is 23.4. The fourth-order valence-electron chi connectivity index (χ4n) is 3.46. The van der Waals surface area contributed by atoms with Gasteiger partial charge >= 0.3 is 0 Å². The lowest BCUT2D eigenvalue weighted by molar-refractivity contribution is -0.138. The molecule has 3 aromatic heterocycles. The summed E-state index contributed by atoms with van der Waals surface area (Å²) in [6.45, 7) is 5.33. The van der Waals surface area contributed by atoms with Crippen molar-refractivity contribution < 1.29 is 14.1 Å². The Hall–Kier alpha value is -3.06. The summed E-state index contributed by atoms with van der Waals surface area (Å²) < 4.78 is 11.2. The highest BCUT2D eigenvalue weighted by molar-refractivity contribution is 5.78. The summed E-state index contributed by atoms with van der Waals surface area (Å²) in [5.74, 6) is 0.808. The van der Waals surface area contributed by atoms with Crippen LogP contribution in [0.15, 0.2) is 47.2 Å². The Kier molecular flexibility index (Phi) is 5.16. The fourth-order valence-corrected chi connectivity index (χ4v) is 3.46. The molecule has 144 valence electrons. The fraction of sp³-hybridized carbons (Fsp3) is 0.333. The summed E-state index contributed by atoms with van der Waals surface area (Å²) in [5, 5.41) is 4.01. The normalized spacial score (nSPS) is 16.9. The number of hydrogen-bond donors (Lipinski definition) is 0. The molecule has 0 unspecified atom stereocenters. The second-order valence-corrected chi connectivity index (χ2v) is 6.88. The van der Waals surface area contributed by atoms with Crippen LogP contribution in [0.4, 0.5) is 0 Å². The average Bonchev–Trinajstić information content (AvgIpc) is 3.07. The van der Waals surface area contributed by atoms with Crippen LogP contribution in [-0.4, -0.2) is 45.6 Å². The number of carbonyl (C=O) groups excluding carboxylic acids is 1. The molecule has 7 heteroatoms. The van der Waals surface area contributed by atoms with E-state index >= 15 is 0 Å². The van der Waals surface area contributed by atoms with Gasteiger partial charge in [-0.3, -0.25) is 9.78 Å². The van der Waals surface area contributed by atoms with Gasteiger partial charge in [-0.1, -0.05) is 17.3 Å². The maximum Gasteiger partial charge on any atom is 0.227 e. The standard InChI is InChI=1S/C21H22N4O3/c1-14-21(15(2)28-24-14)18-7-3-6-17(23-18)19-13-25(9-10-27-19)20(26)11-16-5-4-8-22-12-16/h3-8,12,19H,9-11,13H2,1-2H3/t19-/m1/s1. The first kappa shape index (κ1) is 18.3. The summed E-state index contributed by atoms with van der Waals surface area (Å²) in [6, 6.07) is 9.57. The van der Waals surface area contributed by atoms with Crippen LogP contribution in [0.3, 0.4) is 0 Å². The molecule has 1 aliphatic rings. The quantitative estimate of drug-likeness (QED) is 0.694. The van der Waals surface area contributed by atoms with Crippen molar-refractivity contribution in [1.82, 2.24) is 20.0 Å². The van der Waals surface area contributed by atoms with Crippen LogP contribution in [0.5, 0.6) is 0 Å². The molecule has 0 saturated carbocycles. The van der Waals surface area contributed by atoms with Gasteiger partial charge in [-0.05, 0) is 37.6 Å². The third-order valence-electron chi connectivity index (χ3n) is 4.89. The largest absolute Gasteiger partial charge is 0.368 e. The Morgan fingerprint density at radius 2 is 2.14 bits per heavy atom. The van der Waals surface area contributed by atoms with Crippen molar-refractivity contribution >= 4 is 5.91 Å². The van der Waals surface area contributed by atoms with E-state index in [0.717, 1.165) is 34.0 Å². The molecule has 0 aromatic carbocycles. The monoisotopic (exact) mass is 378 g/mol. The first-order valence-corrected chi connectivity index (χ1v) is 9.30. The number of rotatable bonds is 4. The Labute approximate surface area is 163 Å². The smallest absolute Gasteiger partial charge is 0.227 e. The van der Waals surface area contributed by atoms with Crippen LogP contribution in [-0.2, 0) is 16.0 Å². The SMILES string of the molecule is Cc1noc(C)c1-c1cccc([C@H]2CN(C(=O)Cc3cccnc3)CCO2)n1. The molecule has 1 amide bonds. The topological polar surface area (TPSA) is 81.4 Å². The highest BCUT2D eigenvalue weighted by Gasteiger charge is 2.27. The molecule has 0 radical (unpaired) electrons.